The third-order valence-corrected chi connectivity index (χ3v) is 5.48. The van der Waals surface area contributed by atoms with Crippen LogP contribution in [-0.2, 0) is 23.1 Å². The molecule has 1 aliphatic heterocycles. The number of amides is 2. The molecule has 0 saturated carbocycles. The number of aliphatic carboxylic acids is 1. The lowest BCUT2D eigenvalue weighted by Gasteiger charge is -2.26. The van der Waals surface area contributed by atoms with Crippen LogP contribution in [-0.4, -0.2) is 59.4 Å². The maximum absolute atomic E-state index is 13.1. The quantitative estimate of drug-likeness (QED) is 0.591. The molecule has 35 heavy (non-hydrogen) atoms. The van der Waals surface area contributed by atoms with Crippen LogP contribution in [0.4, 0.5) is 16.4 Å². The summed E-state index contributed by atoms with van der Waals surface area (Å²) >= 11 is 0. The van der Waals surface area contributed by atoms with Crippen LogP contribution in [0.25, 0.3) is 11.3 Å². The monoisotopic (exact) mass is 478 g/mol. The largest absolute Gasteiger partial charge is 0.480 e. The van der Waals surface area contributed by atoms with Crippen molar-refractivity contribution in [3.63, 3.8) is 0 Å². The Morgan fingerprint density at radius 3 is 2.54 bits per heavy atom. The number of carboxylic acid groups (broad SMARTS) is 1. The van der Waals surface area contributed by atoms with Gasteiger partial charge in [-0.25, -0.2) is 24.5 Å². The Hall–Kier alpha value is -4.28. The van der Waals surface area contributed by atoms with E-state index in [0.29, 0.717) is 22.6 Å². The number of fused-ring (bicyclic) bond motifs is 1. The second kappa shape index (κ2) is 8.82. The smallest absolute Gasteiger partial charge is 0.421 e. The molecule has 3 aromatic heterocycles. The molecular weight excluding hydrogens is 452 g/mol. The summed E-state index contributed by atoms with van der Waals surface area (Å²) in [6.45, 7) is 6.97. The lowest BCUT2D eigenvalue weighted by atomic mass is 10.1. The Morgan fingerprint density at radius 1 is 1.17 bits per heavy atom. The lowest BCUT2D eigenvalue weighted by molar-refractivity contribution is -0.141. The first-order valence-electron chi connectivity index (χ1n) is 11.0. The maximum atomic E-state index is 13.1. The van der Waals surface area contributed by atoms with Gasteiger partial charge in [0.25, 0.3) is 5.91 Å². The molecule has 0 aliphatic carbocycles. The van der Waals surface area contributed by atoms with Crippen LogP contribution in [0.15, 0.2) is 42.7 Å². The standard InChI is InChI=1S/C24H26N6O5/c1-14(22(32)33)29-13-16-6-7-17(27-20(16)21(29)31)15-8-10-25-18(12-15)30(19-9-11-26-28(19)5)23(34)35-24(2,3)4/h6-12,14H,13H2,1-5H3,(H,32,33)/t14-/m1/s1. The van der Waals surface area contributed by atoms with E-state index in [9.17, 15) is 19.5 Å². The van der Waals surface area contributed by atoms with E-state index < -0.39 is 29.6 Å². The van der Waals surface area contributed by atoms with Gasteiger partial charge in [0.05, 0.1) is 11.9 Å². The highest BCUT2D eigenvalue weighted by molar-refractivity contribution is 5.99. The Morgan fingerprint density at radius 2 is 1.91 bits per heavy atom. The molecular formula is C24H26N6O5. The third-order valence-electron chi connectivity index (χ3n) is 5.48. The highest BCUT2D eigenvalue weighted by atomic mass is 16.6. The highest BCUT2D eigenvalue weighted by Gasteiger charge is 2.35. The van der Waals surface area contributed by atoms with Gasteiger partial charge in [0.15, 0.2) is 0 Å². The number of hydrogen-bond donors (Lipinski definition) is 1. The molecule has 0 aromatic carbocycles. The van der Waals surface area contributed by atoms with E-state index in [1.807, 2.05) is 0 Å². The molecule has 0 spiro atoms. The van der Waals surface area contributed by atoms with Crippen LogP contribution in [0.3, 0.4) is 0 Å². The summed E-state index contributed by atoms with van der Waals surface area (Å²) in [7, 11) is 1.70. The summed E-state index contributed by atoms with van der Waals surface area (Å²) < 4.78 is 7.13. The average molecular weight is 479 g/mol. The summed E-state index contributed by atoms with van der Waals surface area (Å²) in [6.07, 6.45) is 2.48. The predicted octanol–water partition coefficient (Wildman–Crippen LogP) is 3.38. The molecule has 0 unspecified atom stereocenters. The van der Waals surface area contributed by atoms with Gasteiger partial charge in [0.2, 0.25) is 0 Å². The minimum absolute atomic E-state index is 0.184. The molecule has 0 fully saturated rings. The van der Waals surface area contributed by atoms with Crippen LogP contribution in [0, 0.1) is 0 Å². The molecule has 182 valence electrons. The molecule has 11 heteroatoms. The zero-order valence-corrected chi connectivity index (χ0v) is 20.1. The molecule has 1 atom stereocenters. The van der Waals surface area contributed by atoms with E-state index in [0.717, 1.165) is 0 Å². The molecule has 0 radical (unpaired) electrons. The Kier molecular flexibility index (Phi) is 6.01. The van der Waals surface area contributed by atoms with Crippen molar-refractivity contribution < 1.29 is 24.2 Å². The minimum Gasteiger partial charge on any atom is -0.480 e. The fraction of sp³-hybridized carbons (Fsp3) is 0.333. The number of ether oxygens (including phenoxy) is 1. The van der Waals surface area contributed by atoms with Gasteiger partial charge < -0.3 is 14.7 Å². The Bertz CT molecular complexity index is 1310. The van der Waals surface area contributed by atoms with Gasteiger partial charge in [0.1, 0.15) is 29.0 Å². The van der Waals surface area contributed by atoms with Crippen molar-refractivity contribution in [1.29, 1.82) is 0 Å². The molecule has 1 aliphatic rings. The average Bonchev–Trinajstić information content (AvgIpc) is 3.35. The van der Waals surface area contributed by atoms with Crippen molar-refractivity contribution >= 4 is 29.6 Å². The van der Waals surface area contributed by atoms with Gasteiger partial charge in [-0.1, -0.05) is 6.07 Å². The number of hydrogen-bond acceptors (Lipinski definition) is 7. The first kappa shape index (κ1) is 23.9. The molecule has 11 nitrogen and oxygen atoms in total. The minimum atomic E-state index is -1.08. The van der Waals surface area contributed by atoms with E-state index in [1.54, 1.807) is 64.3 Å². The topological polar surface area (TPSA) is 131 Å². The second-order valence-corrected chi connectivity index (χ2v) is 9.18. The zero-order valence-electron chi connectivity index (χ0n) is 20.1. The van der Waals surface area contributed by atoms with Crippen molar-refractivity contribution in [2.24, 2.45) is 7.05 Å². The van der Waals surface area contributed by atoms with E-state index in [2.05, 4.69) is 15.1 Å². The van der Waals surface area contributed by atoms with Crippen LogP contribution >= 0.6 is 0 Å². The third kappa shape index (κ3) is 4.70. The summed E-state index contributed by atoms with van der Waals surface area (Å²) in [6, 6.07) is 7.60. The van der Waals surface area contributed by atoms with Gasteiger partial charge in [-0.05, 0) is 45.9 Å². The molecule has 1 N–H and O–H groups in total. The molecule has 0 bridgehead atoms. The number of aryl methyl sites for hydroxylation is 1. The number of anilines is 2. The van der Waals surface area contributed by atoms with Crippen LogP contribution in [0.5, 0.6) is 0 Å². The number of nitrogens with zero attached hydrogens (tertiary/aromatic N) is 6. The molecule has 0 saturated heterocycles. The Balaban J connectivity index is 1.71. The SMILES string of the molecule is C[C@H](C(=O)O)N1Cc2ccc(-c3ccnc(N(C(=O)OC(C)(C)C)c4ccnn4C)c3)nc2C1=O. The zero-order chi connectivity index (χ0) is 25.5. The van der Waals surface area contributed by atoms with Crippen molar-refractivity contribution in [1.82, 2.24) is 24.6 Å². The molecule has 3 aromatic rings. The number of carbonyl (C=O) groups is 3. The highest BCUT2D eigenvalue weighted by Crippen LogP contribution is 2.31. The number of aromatic nitrogens is 4. The second-order valence-electron chi connectivity index (χ2n) is 9.18. The number of pyridine rings is 2. The van der Waals surface area contributed by atoms with Crippen molar-refractivity contribution in [2.45, 2.75) is 45.9 Å². The van der Waals surface area contributed by atoms with E-state index >= 15 is 0 Å². The first-order chi connectivity index (χ1) is 16.5. The molecule has 2 amide bonds. The van der Waals surface area contributed by atoms with E-state index in [1.165, 1.54) is 27.6 Å². The van der Waals surface area contributed by atoms with E-state index in [4.69, 9.17) is 4.74 Å². The summed E-state index contributed by atoms with van der Waals surface area (Å²) in [5, 5.41) is 13.4. The maximum Gasteiger partial charge on any atom is 0.421 e. The lowest BCUT2D eigenvalue weighted by Crippen LogP contribution is -2.39. The van der Waals surface area contributed by atoms with Gasteiger partial charge in [-0.3, -0.25) is 9.48 Å². The van der Waals surface area contributed by atoms with Crippen LogP contribution in [0.2, 0.25) is 0 Å². The predicted molar refractivity (Wildman–Crippen MR) is 126 cm³/mol. The van der Waals surface area contributed by atoms with Crippen LogP contribution < -0.4 is 4.90 Å². The van der Waals surface area contributed by atoms with Gasteiger partial charge in [-0.2, -0.15) is 5.10 Å². The summed E-state index contributed by atoms with van der Waals surface area (Å²) in [5.41, 5.74) is 1.24. The van der Waals surface area contributed by atoms with Gasteiger partial charge in [0, 0.05) is 37.0 Å². The number of carboxylic acids is 1. The first-order valence-corrected chi connectivity index (χ1v) is 11.0. The van der Waals surface area contributed by atoms with Gasteiger partial charge >= 0.3 is 12.1 Å². The number of rotatable bonds is 5. The Labute approximate surface area is 202 Å². The normalized spacial score (nSPS) is 14.0. The molecule has 4 rings (SSSR count). The number of carbonyl (C=O) groups excluding carboxylic acids is 2. The fourth-order valence-corrected chi connectivity index (χ4v) is 3.70. The van der Waals surface area contributed by atoms with Crippen molar-refractivity contribution in [3.05, 3.63) is 54.0 Å². The van der Waals surface area contributed by atoms with Crippen molar-refractivity contribution in [2.75, 3.05) is 4.90 Å². The summed E-state index contributed by atoms with van der Waals surface area (Å²) in [4.78, 5) is 48.8. The van der Waals surface area contributed by atoms with E-state index in [-0.39, 0.29) is 18.1 Å². The fourth-order valence-electron chi connectivity index (χ4n) is 3.70. The van der Waals surface area contributed by atoms with Crippen LogP contribution in [0.1, 0.15) is 43.7 Å². The van der Waals surface area contributed by atoms with Gasteiger partial charge in [-0.15, -0.1) is 0 Å². The van der Waals surface area contributed by atoms with Crippen molar-refractivity contribution in [3.8, 4) is 11.3 Å². The summed E-state index contributed by atoms with van der Waals surface area (Å²) in [5.74, 6) is -0.770. The molecule has 4 heterocycles.